The van der Waals surface area contributed by atoms with Crippen LogP contribution in [0.25, 0.3) is 0 Å². The number of nitrogens with one attached hydrogen (secondary N) is 1. The Kier molecular flexibility index (Phi) is 6.31. The summed E-state index contributed by atoms with van der Waals surface area (Å²) in [5.41, 5.74) is 4.11. The quantitative estimate of drug-likeness (QED) is 0.439. The highest BCUT2D eigenvalue weighted by Gasteiger charge is 2.54. The standard InChI is InChI=1S/C22H24F6N4O/c1-15-11-30-31(17-7-5-16(6-8-17)20(2,3)4)32(15,13-21(23,24)25)19-10-9-18(12-29-19)33-14-22(26,27)28/h5-12,30H,1,13-14H2,2-4H3/q+1/t32-/m0/s1. The summed E-state index contributed by atoms with van der Waals surface area (Å²) in [4.78, 5) is 4.02. The van der Waals surface area contributed by atoms with Gasteiger partial charge in [0.1, 0.15) is 11.4 Å². The highest BCUT2D eigenvalue weighted by molar-refractivity contribution is 5.58. The minimum atomic E-state index is -4.63. The van der Waals surface area contributed by atoms with Crippen molar-refractivity contribution in [2.75, 3.05) is 18.3 Å². The number of anilines is 1. The normalized spacial score (nSPS) is 19.3. The predicted octanol–water partition coefficient (Wildman–Crippen LogP) is 5.81. The molecular formula is C22H24F6N4O+. The van der Waals surface area contributed by atoms with Crippen molar-refractivity contribution in [3.05, 3.63) is 67.0 Å². The van der Waals surface area contributed by atoms with Gasteiger partial charge in [0.2, 0.25) is 6.54 Å². The number of ether oxygens (including phenoxy) is 1. The predicted molar refractivity (Wildman–Crippen MR) is 113 cm³/mol. The molecule has 11 heteroatoms. The Morgan fingerprint density at radius 3 is 2.09 bits per heavy atom. The lowest BCUT2D eigenvalue weighted by Crippen LogP contribution is -2.64. The van der Waals surface area contributed by atoms with E-state index >= 15 is 0 Å². The maximum atomic E-state index is 13.7. The van der Waals surface area contributed by atoms with Crippen LogP contribution in [0.1, 0.15) is 26.3 Å². The Bertz CT molecular complexity index is 994. The number of aromatic nitrogens is 1. The summed E-state index contributed by atoms with van der Waals surface area (Å²) in [5, 5.41) is 1.26. The Morgan fingerprint density at radius 2 is 1.61 bits per heavy atom. The van der Waals surface area contributed by atoms with E-state index in [1.807, 2.05) is 32.9 Å². The molecule has 1 aliphatic heterocycles. The second kappa shape index (κ2) is 8.44. The molecular weight excluding hydrogens is 450 g/mol. The first-order valence-electron chi connectivity index (χ1n) is 9.93. The molecule has 1 radical (unpaired) electrons. The lowest BCUT2D eigenvalue weighted by molar-refractivity contribution is -0.153. The maximum absolute atomic E-state index is 13.7. The van der Waals surface area contributed by atoms with E-state index in [2.05, 4.69) is 22.1 Å². The van der Waals surface area contributed by atoms with Gasteiger partial charge in [-0.3, -0.25) is 5.43 Å². The number of hydrazine groups is 1. The minimum absolute atomic E-state index is 0.0451. The van der Waals surface area contributed by atoms with Crippen molar-refractivity contribution in [1.29, 1.82) is 0 Å². The molecule has 1 aliphatic rings. The maximum Gasteiger partial charge on any atom is 0.441 e. The number of nitrogens with zero attached hydrogens (tertiary/aromatic N) is 3. The zero-order valence-corrected chi connectivity index (χ0v) is 18.3. The molecule has 0 unspecified atom stereocenters. The van der Waals surface area contributed by atoms with Gasteiger partial charge in [-0.15, -0.1) is 9.71 Å². The Hall–Kier alpha value is -2.95. The van der Waals surface area contributed by atoms with Crippen LogP contribution in [0.3, 0.4) is 0 Å². The van der Waals surface area contributed by atoms with E-state index in [0.717, 1.165) is 17.8 Å². The van der Waals surface area contributed by atoms with Crippen molar-refractivity contribution < 1.29 is 31.1 Å². The molecule has 0 spiro atoms. The second-order valence-electron chi connectivity index (χ2n) is 8.67. The molecule has 1 aromatic carbocycles. The summed E-state index contributed by atoms with van der Waals surface area (Å²) in [6, 6.07) is 9.36. The van der Waals surface area contributed by atoms with E-state index in [1.54, 1.807) is 12.1 Å². The number of hydrogen-bond donors (Lipinski definition) is 1. The van der Waals surface area contributed by atoms with Crippen molar-refractivity contribution in [3.63, 3.8) is 0 Å². The van der Waals surface area contributed by atoms with Crippen LogP contribution >= 0.6 is 0 Å². The van der Waals surface area contributed by atoms with E-state index < -0.39 is 30.1 Å². The molecule has 0 fully saturated rings. The van der Waals surface area contributed by atoms with E-state index in [1.165, 1.54) is 17.4 Å². The number of quaternary nitrogens is 1. The molecule has 2 aromatic rings. The number of hydrogen-bond acceptors (Lipinski definition) is 4. The zero-order valence-electron chi connectivity index (χ0n) is 18.3. The molecule has 2 heterocycles. The molecule has 33 heavy (non-hydrogen) atoms. The van der Waals surface area contributed by atoms with Gasteiger partial charge in [-0.2, -0.15) is 31.3 Å². The third-order valence-electron chi connectivity index (χ3n) is 5.06. The molecule has 1 aromatic heterocycles. The van der Waals surface area contributed by atoms with E-state index in [-0.39, 0.29) is 22.7 Å². The first-order chi connectivity index (χ1) is 15.1. The molecule has 0 bridgehead atoms. The first kappa shape index (κ1) is 24.7. The Morgan fingerprint density at radius 1 is 0.970 bits per heavy atom. The fourth-order valence-corrected chi connectivity index (χ4v) is 3.45. The molecule has 0 saturated heterocycles. The van der Waals surface area contributed by atoms with E-state index in [9.17, 15) is 26.3 Å². The van der Waals surface area contributed by atoms with Gasteiger partial charge >= 0.3 is 12.4 Å². The largest absolute Gasteiger partial charge is 0.483 e. The third-order valence-corrected chi connectivity index (χ3v) is 5.06. The number of rotatable bonds is 5. The van der Waals surface area contributed by atoms with Crippen LogP contribution in [0.15, 0.2) is 54.5 Å². The van der Waals surface area contributed by atoms with Crippen molar-refractivity contribution in [1.82, 2.24) is 15.0 Å². The van der Waals surface area contributed by atoms with Crippen LogP contribution in [0, 0.1) is 6.92 Å². The lowest BCUT2D eigenvalue weighted by atomic mass is 9.87. The summed E-state index contributed by atoms with van der Waals surface area (Å²) in [5.74, 6) is -0.318. The van der Waals surface area contributed by atoms with Crippen LogP contribution < -0.4 is 19.9 Å². The summed E-state index contributed by atoms with van der Waals surface area (Å²) in [6.45, 7) is 6.91. The fraction of sp³-hybridized carbons (Fsp3) is 0.364. The third kappa shape index (κ3) is 5.52. The smallest absolute Gasteiger partial charge is 0.441 e. The van der Waals surface area contributed by atoms with Crippen molar-refractivity contribution >= 4 is 11.5 Å². The minimum Gasteiger partial charge on any atom is -0.483 e. The average molecular weight is 474 g/mol. The van der Waals surface area contributed by atoms with Gasteiger partial charge in [0.15, 0.2) is 12.3 Å². The summed E-state index contributed by atoms with van der Waals surface area (Å²) in [7, 11) is 0. The number of benzene rings is 1. The van der Waals surface area contributed by atoms with E-state index in [0.29, 0.717) is 5.69 Å². The van der Waals surface area contributed by atoms with Crippen molar-refractivity contribution in [2.45, 2.75) is 38.5 Å². The van der Waals surface area contributed by atoms with Crippen LogP contribution in [0.2, 0.25) is 0 Å². The number of alkyl halides is 6. The molecule has 179 valence electrons. The van der Waals surface area contributed by atoms with Crippen molar-refractivity contribution in [3.8, 4) is 5.75 Å². The van der Waals surface area contributed by atoms with Crippen LogP contribution in [-0.2, 0) is 5.41 Å². The van der Waals surface area contributed by atoms with Gasteiger partial charge < -0.3 is 4.74 Å². The van der Waals surface area contributed by atoms with E-state index in [4.69, 9.17) is 0 Å². The summed E-state index contributed by atoms with van der Waals surface area (Å²) >= 11 is 0. The SMILES string of the molecule is [CH2]C1=CNN(c2ccc(C(C)(C)C)cc2)[N@+]1(CC(F)(F)F)c1ccc(OCC(F)(F)F)cn1. The molecule has 3 rings (SSSR count). The summed E-state index contributed by atoms with van der Waals surface area (Å²) in [6.07, 6.45) is -6.89. The van der Waals surface area contributed by atoms with Crippen LogP contribution in [0.4, 0.5) is 37.8 Å². The highest BCUT2D eigenvalue weighted by Crippen LogP contribution is 2.39. The van der Waals surface area contributed by atoms with Crippen LogP contribution in [-0.4, -0.2) is 30.5 Å². The van der Waals surface area contributed by atoms with Gasteiger partial charge in [-0.05, 0) is 29.2 Å². The zero-order chi connectivity index (χ0) is 24.7. The summed E-state index contributed by atoms with van der Waals surface area (Å²) < 4.78 is 82.1. The second-order valence-corrected chi connectivity index (χ2v) is 8.67. The monoisotopic (exact) mass is 474 g/mol. The highest BCUT2D eigenvalue weighted by atomic mass is 19.4. The van der Waals surface area contributed by atoms with Gasteiger partial charge in [-0.25, -0.2) is 0 Å². The van der Waals surface area contributed by atoms with Crippen LogP contribution in [0.5, 0.6) is 5.75 Å². The van der Waals surface area contributed by atoms with Gasteiger partial charge in [0, 0.05) is 13.0 Å². The lowest BCUT2D eigenvalue weighted by Gasteiger charge is -2.40. The number of allylic oxidation sites excluding steroid dienone is 1. The topological polar surface area (TPSA) is 37.4 Å². The van der Waals surface area contributed by atoms with Gasteiger partial charge in [0.25, 0.3) is 5.82 Å². The fourth-order valence-electron chi connectivity index (χ4n) is 3.45. The molecule has 0 aliphatic carbocycles. The molecule has 1 N–H and O–H groups in total. The number of halogens is 6. The Labute approximate surface area is 187 Å². The molecule has 0 saturated carbocycles. The van der Waals surface area contributed by atoms with Gasteiger partial charge in [-0.1, -0.05) is 32.9 Å². The molecule has 5 nitrogen and oxygen atoms in total. The first-order valence-corrected chi connectivity index (χ1v) is 9.93. The number of pyridine rings is 1. The molecule has 1 atom stereocenters. The van der Waals surface area contributed by atoms with Gasteiger partial charge in [0.05, 0.1) is 12.4 Å². The average Bonchev–Trinajstić information content (AvgIpc) is 3.01. The molecule has 0 amide bonds. The van der Waals surface area contributed by atoms with Crippen molar-refractivity contribution in [2.24, 2.45) is 0 Å². The Balaban J connectivity index is 2.02.